The first-order valence-electron chi connectivity index (χ1n) is 9.56. The van der Waals surface area contributed by atoms with E-state index in [9.17, 15) is 4.79 Å². The molecule has 1 aromatic heterocycles. The fraction of sp³-hybridized carbons (Fsp3) is 0.0800. The molecule has 0 amide bonds. The van der Waals surface area contributed by atoms with Crippen molar-refractivity contribution in [1.82, 2.24) is 9.78 Å². The number of aromatic nitrogens is 2. The van der Waals surface area contributed by atoms with Crippen LogP contribution in [-0.4, -0.2) is 9.78 Å². The highest BCUT2D eigenvalue weighted by Crippen LogP contribution is 2.26. The quantitative estimate of drug-likeness (QED) is 0.535. The predicted molar refractivity (Wildman–Crippen MR) is 122 cm³/mol. The van der Waals surface area contributed by atoms with Crippen LogP contribution < -0.4 is 20.9 Å². The zero-order chi connectivity index (χ0) is 21.1. The number of H-pyrrole nitrogens is 1. The number of benzene rings is 3. The maximum absolute atomic E-state index is 12.8. The van der Waals surface area contributed by atoms with Gasteiger partial charge in [0, 0.05) is 0 Å². The average molecular weight is 417 g/mol. The lowest BCUT2D eigenvalue weighted by Crippen LogP contribution is -2.33. The molecule has 0 radical (unpaired) electrons. The van der Waals surface area contributed by atoms with Crippen LogP contribution in [0.5, 0.6) is 5.75 Å². The Morgan fingerprint density at radius 3 is 2.50 bits per heavy atom. The second kappa shape index (κ2) is 8.47. The molecule has 150 valence electrons. The van der Waals surface area contributed by atoms with Crippen molar-refractivity contribution in [1.29, 1.82) is 0 Å². The summed E-state index contributed by atoms with van der Waals surface area (Å²) in [5, 5.41) is 4.54. The molecule has 0 saturated heterocycles. The van der Waals surface area contributed by atoms with Crippen molar-refractivity contribution in [3.05, 3.63) is 115 Å². The summed E-state index contributed by atoms with van der Waals surface area (Å²) in [6, 6.07) is 23.0. The van der Waals surface area contributed by atoms with Gasteiger partial charge in [0.2, 0.25) is 0 Å². The van der Waals surface area contributed by atoms with Gasteiger partial charge in [0.15, 0.2) is 0 Å². The number of nitrogens with zero attached hydrogens (tertiary/aromatic N) is 1. The molecule has 0 spiro atoms. The molecule has 1 heterocycles. The number of halogens is 1. The maximum atomic E-state index is 12.8. The van der Waals surface area contributed by atoms with E-state index in [0.717, 1.165) is 16.8 Å². The number of hydrogen-bond acceptors (Lipinski definition) is 2. The molecule has 0 aliphatic carbocycles. The minimum absolute atomic E-state index is 0.165. The molecular weight excluding hydrogens is 396 g/mol. The minimum atomic E-state index is -0.165. The van der Waals surface area contributed by atoms with Gasteiger partial charge in [0.1, 0.15) is 12.4 Å². The van der Waals surface area contributed by atoms with E-state index in [4.69, 9.17) is 16.3 Å². The first kappa shape index (κ1) is 19.8. The van der Waals surface area contributed by atoms with E-state index >= 15 is 0 Å². The Morgan fingerprint density at radius 2 is 1.80 bits per heavy atom. The molecule has 3 aromatic carbocycles. The van der Waals surface area contributed by atoms with Gasteiger partial charge in [-0.25, -0.2) is 4.68 Å². The van der Waals surface area contributed by atoms with Crippen molar-refractivity contribution >= 4 is 24.3 Å². The third kappa shape index (κ3) is 4.24. The Bertz CT molecular complexity index is 1340. The topological polar surface area (TPSA) is 47.0 Å². The zero-order valence-corrected chi connectivity index (χ0v) is 17.3. The van der Waals surface area contributed by atoms with Crippen molar-refractivity contribution in [2.24, 2.45) is 0 Å². The molecule has 0 bridgehead atoms. The lowest BCUT2D eigenvalue weighted by atomic mass is 10.1. The van der Waals surface area contributed by atoms with Gasteiger partial charge >= 0.3 is 0 Å². The van der Waals surface area contributed by atoms with Gasteiger partial charge in [0.25, 0.3) is 5.56 Å². The maximum Gasteiger partial charge on any atom is 0.279 e. The van der Waals surface area contributed by atoms with Crippen LogP contribution in [0, 0.1) is 6.92 Å². The Balaban J connectivity index is 1.60. The highest BCUT2D eigenvalue weighted by atomic mass is 35.5. The Labute approximate surface area is 179 Å². The number of para-hydroxylation sites is 1. The Morgan fingerprint density at radius 1 is 1.07 bits per heavy atom. The second-order valence-electron chi connectivity index (χ2n) is 7.09. The standard InChI is InChI=1S/C25H21ClN2O2/c1-17-8-10-19(11-9-17)16-30-24-13-12-20(15-23(24)26)14-22-18(2)27-28(25(22)29)21-6-4-3-5-7-21/h3-15,27H,2,16H2,1H3/b22-14-. The van der Waals surface area contributed by atoms with Crippen LogP contribution in [0.1, 0.15) is 16.7 Å². The van der Waals surface area contributed by atoms with Crippen LogP contribution in [0.2, 0.25) is 5.02 Å². The summed E-state index contributed by atoms with van der Waals surface area (Å²) in [7, 11) is 0. The molecule has 0 aliphatic heterocycles. The zero-order valence-electron chi connectivity index (χ0n) is 16.6. The van der Waals surface area contributed by atoms with Crippen LogP contribution in [0.3, 0.4) is 0 Å². The molecule has 1 N–H and O–H groups in total. The van der Waals surface area contributed by atoms with E-state index in [-0.39, 0.29) is 5.56 Å². The molecule has 4 nitrogen and oxygen atoms in total. The summed E-state index contributed by atoms with van der Waals surface area (Å²) >= 11 is 6.42. The van der Waals surface area contributed by atoms with E-state index in [1.165, 1.54) is 10.2 Å². The van der Waals surface area contributed by atoms with E-state index in [0.29, 0.717) is 27.9 Å². The highest BCUT2D eigenvalue weighted by molar-refractivity contribution is 6.32. The normalized spacial score (nSPS) is 11.6. The van der Waals surface area contributed by atoms with Gasteiger partial charge in [-0.15, -0.1) is 0 Å². The number of nitrogens with one attached hydrogen (secondary N) is 1. The fourth-order valence-corrected chi connectivity index (χ4v) is 3.38. The summed E-state index contributed by atoms with van der Waals surface area (Å²) in [6.45, 7) is 6.45. The lowest BCUT2D eigenvalue weighted by Gasteiger charge is -2.09. The lowest BCUT2D eigenvalue weighted by molar-refractivity contribution is 0.306. The van der Waals surface area contributed by atoms with E-state index < -0.39 is 0 Å². The number of aryl methyl sites for hydroxylation is 1. The van der Waals surface area contributed by atoms with Crippen molar-refractivity contribution in [3.8, 4) is 11.4 Å². The monoisotopic (exact) mass is 416 g/mol. The third-order valence-electron chi connectivity index (χ3n) is 4.80. The summed E-state index contributed by atoms with van der Waals surface area (Å²) in [5.41, 5.74) is 3.66. The average Bonchev–Trinajstić information content (AvgIpc) is 3.03. The minimum Gasteiger partial charge on any atom is -0.487 e. The van der Waals surface area contributed by atoms with E-state index in [2.05, 4.69) is 11.7 Å². The molecule has 0 fully saturated rings. The van der Waals surface area contributed by atoms with Gasteiger partial charge < -0.3 is 4.74 Å². The molecule has 30 heavy (non-hydrogen) atoms. The third-order valence-corrected chi connectivity index (χ3v) is 5.10. The molecule has 0 unspecified atom stereocenters. The molecule has 0 aliphatic rings. The van der Waals surface area contributed by atoms with Gasteiger partial charge in [-0.1, -0.05) is 72.3 Å². The van der Waals surface area contributed by atoms with Crippen LogP contribution in [0.15, 0.2) is 77.6 Å². The number of ether oxygens (including phenoxy) is 1. The van der Waals surface area contributed by atoms with Crippen LogP contribution in [0.4, 0.5) is 0 Å². The van der Waals surface area contributed by atoms with Crippen molar-refractivity contribution < 1.29 is 4.74 Å². The largest absolute Gasteiger partial charge is 0.487 e. The summed E-state index contributed by atoms with van der Waals surface area (Å²) in [6.07, 6.45) is 1.77. The number of aromatic amines is 1. The smallest absolute Gasteiger partial charge is 0.279 e. The van der Waals surface area contributed by atoms with Gasteiger partial charge in [-0.05, 0) is 48.4 Å². The van der Waals surface area contributed by atoms with Gasteiger partial charge in [-0.3, -0.25) is 9.89 Å². The molecule has 4 aromatic rings. The SMILES string of the molecule is C=c1[nH]n(-c2ccccc2)c(=O)/c1=C\c1ccc(OCc2ccc(C)cc2)c(Cl)c1. The molecule has 4 rings (SSSR count). The van der Waals surface area contributed by atoms with Crippen molar-refractivity contribution in [2.75, 3.05) is 0 Å². The molecule has 5 heteroatoms. The van der Waals surface area contributed by atoms with E-state index in [1.54, 1.807) is 12.1 Å². The molecule has 0 saturated carbocycles. The first-order valence-corrected chi connectivity index (χ1v) is 9.94. The highest BCUT2D eigenvalue weighted by Gasteiger charge is 2.06. The van der Waals surface area contributed by atoms with Gasteiger partial charge in [-0.2, -0.15) is 0 Å². The summed E-state index contributed by atoms with van der Waals surface area (Å²) < 4.78 is 7.33. The fourth-order valence-electron chi connectivity index (χ4n) is 3.14. The summed E-state index contributed by atoms with van der Waals surface area (Å²) in [5.74, 6) is 0.597. The van der Waals surface area contributed by atoms with Crippen molar-refractivity contribution in [2.45, 2.75) is 13.5 Å². The van der Waals surface area contributed by atoms with Crippen LogP contribution in [0.25, 0.3) is 18.3 Å². The molecule has 0 atom stereocenters. The van der Waals surface area contributed by atoms with E-state index in [1.807, 2.05) is 73.7 Å². The summed E-state index contributed by atoms with van der Waals surface area (Å²) in [4.78, 5) is 12.8. The Kier molecular flexibility index (Phi) is 5.59. The van der Waals surface area contributed by atoms with Crippen LogP contribution >= 0.6 is 11.6 Å². The second-order valence-corrected chi connectivity index (χ2v) is 7.50. The Hall–Kier alpha value is -3.50. The predicted octanol–water partition coefficient (Wildman–Crippen LogP) is 3.95. The molecular formula is C25H21ClN2O2. The number of hydrogen-bond donors (Lipinski definition) is 1. The van der Waals surface area contributed by atoms with Gasteiger partial charge in [0.05, 0.1) is 21.3 Å². The number of rotatable bonds is 5. The van der Waals surface area contributed by atoms with Crippen LogP contribution in [-0.2, 0) is 6.61 Å². The first-order chi connectivity index (χ1) is 14.5. The van der Waals surface area contributed by atoms with Crippen molar-refractivity contribution in [3.63, 3.8) is 0 Å².